The van der Waals surface area contributed by atoms with Gasteiger partial charge in [-0.3, -0.25) is 0 Å². The summed E-state index contributed by atoms with van der Waals surface area (Å²) in [4.78, 5) is 8.99. The summed E-state index contributed by atoms with van der Waals surface area (Å²) in [6.45, 7) is 20.0. The smallest absolute Gasteiger partial charge is 0.143 e. The van der Waals surface area contributed by atoms with E-state index in [9.17, 15) is 4.39 Å². The molecule has 6 aromatic rings. The molecule has 6 rings (SSSR count). The van der Waals surface area contributed by atoms with Gasteiger partial charge in [-0.2, -0.15) is 0 Å². The third-order valence-electron chi connectivity index (χ3n) is 7.76. The van der Waals surface area contributed by atoms with Crippen molar-refractivity contribution in [3.05, 3.63) is 114 Å². The fraction of sp³-hybridized carbons (Fsp3) is 0.300. The number of furan rings is 1. The molecular formula is C40H43FIrN2OSi-2. The number of halogens is 1. The maximum Gasteiger partial charge on any atom is 0.143 e. The van der Waals surface area contributed by atoms with Crippen LogP contribution in [-0.2, 0) is 31.9 Å². The first-order valence-corrected chi connectivity index (χ1v) is 19.1. The van der Waals surface area contributed by atoms with Gasteiger partial charge in [-0.05, 0) is 45.5 Å². The number of aromatic nitrogens is 2. The number of para-hydroxylation sites is 1. The maximum atomic E-state index is 14.2. The Balaban J connectivity index is 0.000000207. The van der Waals surface area contributed by atoms with Gasteiger partial charge in [0.15, 0.2) is 0 Å². The standard InChI is InChI=1S/C21H17FNO.C19H26NSi.Ir/c1-21(2,3)16-11-18(23-12-17(16)22)15-9-6-8-14-13-7-4-5-10-19(13)24-20(14)15;1-19(2,3)13-16-12-17(15-10-8-7-9-11-15)20-14-18(16)21(4,5)6;/h4-8,10-12H,1-3H3;7-10,12,14H,13H2,1-6H3;/q2*-1;. The molecular weight excluding hydrogens is 764 g/mol. The molecule has 0 aliphatic heterocycles. The first kappa shape index (κ1) is 35.4. The first-order valence-electron chi connectivity index (χ1n) is 15.6. The fourth-order valence-electron chi connectivity index (χ4n) is 5.62. The summed E-state index contributed by atoms with van der Waals surface area (Å²) in [5, 5.41) is 3.56. The summed E-state index contributed by atoms with van der Waals surface area (Å²) < 4.78 is 20.2. The molecule has 0 amide bonds. The molecule has 3 aromatic heterocycles. The average molecular weight is 807 g/mol. The molecule has 0 spiro atoms. The predicted molar refractivity (Wildman–Crippen MR) is 189 cm³/mol. The third-order valence-corrected chi connectivity index (χ3v) is 9.83. The number of fused-ring (bicyclic) bond motifs is 3. The van der Waals surface area contributed by atoms with Gasteiger partial charge in [0, 0.05) is 31.7 Å². The van der Waals surface area contributed by atoms with Gasteiger partial charge in [0.05, 0.1) is 19.9 Å². The molecule has 0 bridgehead atoms. The van der Waals surface area contributed by atoms with Crippen molar-refractivity contribution in [1.29, 1.82) is 0 Å². The van der Waals surface area contributed by atoms with E-state index in [1.54, 1.807) is 6.07 Å². The molecule has 1 radical (unpaired) electrons. The van der Waals surface area contributed by atoms with Gasteiger partial charge in [0.25, 0.3) is 0 Å². The SMILES string of the molecule is CC(C)(C)Cc1cc(-c2[c-]cccc2)ncc1[Si](C)(C)C.CC(C)(C)c1cc(-c2[c-]ccc3c2oc2ccccc23)ncc1F.[Ir]. The van der Waals surface area contributed by atoms with Gasteiger partial charge >= 0.3 is 0 Å². The normalized spacial score (nSPS) is 12.0. The number of pyridine rings is 2. The molecule has 0 N–H and O–H groups in total. The van der Waals surface area contributed by atoms with E-state index in [4.69, 9.17) is 9.40 Å². The van der Waals surface area contributed by atoms with Crippen molar-refractivity contribution in [2.45, 2.75) is 73.0 Å². The van der Waals surface area contributed by atoms with Crippen molar-refractivity contribution in [1.82, 2.24) is 9.97 Å². The average Bonchev–Trinajstić information content (AvgIpc) is 3.35. The molecule has 0 saturated carbocycles. The molecule has 6 heteroatoms. The van der Waals surface area contributed by atoms with Crippen LogP contribution in [0.3, 0.4) is 0 Å². The van der Waals surface area contributed by atoms with E-state index in [1.165, 1.54) is 16.9 Å². The summed E-state index contributed by atoms with van der Waals surface area (Å²) in [5.41, 5.74) is 7.19. The summed E-state index contributed by atoms with van der Waals surface area (Å²) in [5.74, 6) is -0.289. The van der Waals surface area contributed by atoms with Crippen molar-refractivity contribution in [2.24, 2.45) is 5.41 Å². The Morgan fingerprint density at radius 1 is 0.783 bits per heavy atom. The summed E-state index contributed by atoms with van der Waals surface area (Å²) in [7, 11) is -1.37. The van der Waals surface area contributed by atoms with Crippen LogP contribution in [-0.4, -0.2) is 18.0 Å². The molecule has 3 heterocycles. The van der Waals surface area contributed by atoms with Crippen LogP contribution in [0.5, 0.6) is 0 Å². The maximum absolute atomic E-state index is 14.2. The molecule has 3 nitrogen and oxygen atoms in total. The third kappa shape index (κ3) is 8.09. The minimum Gasteiger partial charge on any atom is -0.501 e. The number of hydrogen-bond donors (Lipinski definition) is 0. The van der Waals surface area contributed by atoms with Gasteiger partial charge in [0.2, 0.25) is 0 Å². The molecule has 0 aliphatic rings. The molecule has 0 unspecified atom stereocenters. The van der Waals surface area contributed by atoms with Crippen LogP contribution in [0.15, 0.2) is 89.6 Å². The Labute approximate surface area is 288 Å². The Hall–Kier alpha value is -3.44. The van der Waals surface area contributed by atoms with Crippen LogP contribution >= 0.6 is 0 Å². The predicted octanol–water partition coefficient (Wildman–Crippen LogP) is 10.6. The fourth-order valence-corrected chi connectivity index (χ4v) is 7.20. The van der Waals surface area contributed by atoms with E-state index in [1.807, 2.05) is 75.4 Å². The summed E-state index contributed by atoms with van der Waals surface area (Å²) in [6.07, 6.45) is 4.49. The molecule has 241 valence electrons. The largest absolute Gasteiger partial charge is 0.501 e. The van der Waals surface area contributed by atoms with Gasteiger partial charge in [0.1, 0.15) is 11.4 Å². The van der Waals surface area contributed by atoms with Crippen molar-refractivity contribution < 1.29 is 28.9 Å². The van der Waals surface area contributed by atoms with Crippen LogP contribution in [0.4, 0.5) is 4.39 Å². The zero-order valence-electron chi connectivity index (χ0n) is 28.3. The van der Waals surface area contributed by atoms with Crippen molar-refractivity contribution in [3.63, 3.8) is 0 Å². The number of nitrogens with zero attached hydrogens (tertiary/aromatic N) is 2. The number of benzene rings is 3. The van der Waals surface area contributed by atoms with E-state index in [0.717, 1.165) is 45.2 Å². The Kier molecular flexibility index (Phi) is 10.6. The molecule has 46 heavy (non-hydrogen) atoms. The topological polar surface area (TPSA) is 38.9 Å². The Bertz CT molecular complexity index is 1950. The zero-order valence-corrected chi connectivity index (χ0v) is 31.7. The van der Waals surface area contributed by atoms with Crippen molar-refractivity contribution in [2.75, 3.05) is 0 Å². The Morgan fingerprint density at radius 2 is 1.48 bits per heavy atom. The second-order valence-electron chi connectivity index (χ2n) is 15.0. The van der Waals surface area contributed by atoms with E-state index in [0.29, 0.717) is 11.3 Å². The van der Waals surface area contributed by atoms with Crippen LogP contribution < -0.4 is 5.19 Å². The first-order chi connectivity index (χ1) is 21.1. The van der Waals surface area contributed by atoms with Gasteiger partial charge in [-0.25, -0.2) is 4.39 Å². The van der Waals surface area contributed by atoms with E-state index in [-0.39, 0.29) is 36.8 Å². The monoisotopic (exact) mass is 807 g/mol. The summed E-state index contributed by atoms with van der Waals surface area (Å²) in [6, 6.07) is 30.4. The van der Waals surface area contributed by atoms with Crippen LogP contribution in [0.1, 0.15) is 52.7 Å². The van der Waals surface area contributed by atoms with Crippen LogP contribution in [0.2, 0.25) is 19.6 Å². The molecule has 3 aromatic carbocycles. The van der Waals surface area contributed by atoms with Crippen LogP contribution in [0, 0.1) is 23.4 Å². The summed E-state index contributed by atoms with van der Waals surface area (Å²) >= 11 is 0. The quantitative estimate of drug-likeness (QED) is 0.132. The van der Waals surface area contributed by atoms with Crippen molar-refractivity contribution in [3.8, 4) is 22.5 Å². The second kappa shape index (κ2) is 13.7. The van der Waals surface area contributed by atoms with E-state index in [2.05, 4.69) is 75.9 Å². The number of hydrogen-bond acceptors (Lipinski definition) is 3. The van der Waals surface area contributed by atoms with Gasteiger partial charge in [-0.15, -0.1) is 54.1 Å². The molecule has 0 saturated heterocycles. The molecule has 0 atom stereocenters. The minimum atomic E-state index is -1.37. The van der Waals surface area contributed by atoms with Gasteiger partial charge in [-0.1, -0.05) is 108 Å². The molecule has 0 aliphatic carbocycles. The zero-order chi connectivity index (χ0) is 32.6. The van der Waals surface area contributed by atoms with E-state index < -0.39 is 8.07 Å². The van der Waals surface area contributed by atoms with E-state index >= 15 is 0 Å². The Morgan fingerprint density at radius 3 is 2.13 bits per heavy atom. The minimum absolute atomic E-state index is 0. The number of rotatable bonds is 4. The van der Waals surface area contributed by atoms with Crippen molar-refractivity contribution >= 4 is 35.2 Å². The van der Waals surface area contributed by atoms with Gasteiger partial charge < -0.3 is 14.4 Å². The van der Waals surface area contributed by atoms with Crippen LogP contribution in [0.25, 0.3) is 44.5 Å². The molecule has 0 fully saturated rings. The second-order valence-corrected chi connectivity index (χ2v) is 20.0.